The zero-order chi connectivity index (χ0) is 12.3. The third-order valence-corrected chi connectivity index (χ3v) is 3.46. The molecular weight excluding hydrogens is 217 g/mol. The molecule has 0 aliphatic carbocycles. The van der Waals surface area contributed by atoms with Gasteiger partial charge in [0, 0.05) is 12.6 Å². The fourth-order valence-corrected chi connectivity index (χ4v) is 2.70. The van der Waals surface area contributed by atoms with Crippen molar-refractivity contribution in [3.63, 3.8) is 0 Å². The Labute approximate surface area is 102 Å². The molecule has 1 aromatic rings. The van der Waals surface area contributed by atoms with Gasteiger partial charge in [-0.05, 0) is 49.9 Å². The van der Waals surface area contributed by atoms with Crippen molar-refractivity contribution in [3.05, 3.63) is 35.6 Å². The standard InChI is InChI=1S/C14H20FNO/c1-14(10-17-2)8-12(9-16-14)7-11-3-5-13(15)6-4-11/h3-6,12,16H,7-10H2,1-2H3. The van der Waals surface area contributed by atoms with Gasteiger partial charge in [0.15, 0.2) is 0 Å². The Morgan fingerprint density at radius 2 is 2.12 bits per heavy atom. The highest BCUT2D eigenvalue weighted by Gasteiger charge is 2.34. The molecule has 3 heteroatoms. The molecule has 1 N–H and O–H groups in total. The molecule has 1 heterocycles. The predicted octanol–water partition coefficient (Wildman–Crippen LogP) is 2.38. The summed E-state index contributed by atoms with van der Waals surface area (Å²) in [6, 6.07) is 6.82. The predicted molar refractivity (Wildman–Crippen MR) is 66.5 cm³/mol. The van der Waals surface area contributed by atoms with E-state index in [0.29, 0.717) is 5.92 Å². The fraction of sp³-hybridized carbons (Fsp3) is 0.571. The zero-order valence-electron chi connectivity index (χ0n) is 10.5. The van der Waals surface area contributed by atoms with Gasteiger partial charge in [0.05, 0.1) is 6.61 Å². The number of methoxy groups -OCH3 is 1. The van der Waals surface area contributed by atoms with E-state index in [0.717, 1.165) is 26.0 Å². The van der Waals surface area contributed by atoms with Crippen LogP contribution in [0.1, 0.15) is 18.9 Å². The van der Waals surface area contributed by atoms with Gasteiger partial charge in [0.25, 0.3) is 0 Å². The minimum absolute atomic E-state index is 0.0967. The van der Waals surface area contributed by atoms with Crippen LogP contribution in [0.4, 0.5) is 4.39 Å². The van der Waals surface area contributed by atoms with E-state index in [2.05, 4.69) is 12.2 Å². The van der Waals surface area contributed by atoms with Crippen molar-refractivity contribution >= 4 is 0 Å². The van der Waals surface area contributed by atoms with Crippen LogP contribution in [0.2, 0.25) is 0 Å². The molecule has 2 unspecified atom stereocenters. The minimum Gasteiger partial charge on any atom is -0.383 e. The van der Waals surface area contributed by atoms with Crippen LogP contribution in [0.5, 0.6) is 0 Å². The number of benzene rings is 1. The molecule has 2 nitrogen and oxygen atoms in total. The Balaban J connectivity index is 1.91. The highest BCUT2D eigenvalue weighted by molar-refractivity contribution is 5.17. The van der Waals surface area contributed by atoms with Gasteiger partial charge in [-0.3, -0.25) is 0 Å². The maximum atomic E-state index is 12.8. The van der Waals surface area contributed by atoms with Gasteiger partial charge in [0.1, 0.15) is 5.82 Å². The quantitative estimate of drug-likeness (QED) is 0.868. The number of hydrogen-bond donors (Lipinski definition) is 1. The molecule has 2 rings (SSSR count). The van der Waals surface area contributed by atoms with E-state index in [-0.39, 0.29) is 11.4 Å². The highest BCUT2D eigenvalue weighted by atomic mass is 19.1. The van der Waals surface area contributed by atoms with Crippen LogP contribution in [-0.2, 0) is 11.2 Å². The van der Waals surface area contributed by atoms with Gasteiger partial charge in [-0.15, -0.1) is 0 Å². The molecule has 0 spiro atoms. The Morgan fingerprint density at radius 1 is 1.41 bits per heavy atom. The van der Waals surface area contributed by atoms with Crippen LogP contribution in [0.3, 0.4) is 0 Å². The lowest BCUT2D eigenvalue weighted by Gasteiger charge is -2.23. The van der Waals surface area contributed by atoms with Gasteiger partial charge in [0.2, 0.25) is 0 Å². The highest BCUT2D eigenvalue weighted by Crippen LogP contribution is 2.26. The molecule has 1 aliphatic heterocycles. The van der Waals surface area contributed by atoms with E-state index in [9.17, 15) is 4.39 Å². The smallest absolute Gasteiger partial charge is 0.123 e. The number of ether oxygens (including phenoxy) is 1. The van der Waals surface area contributed by atoms with E-state index in [1.807, 2.05) is 12.1 Å². The number of nitrogens with one attached hydrogen (secondary N) is 1. The van der Waals surface area contributed by atoms with Crippen molar-refractivity contribution in [2.45, 2.75) is 25.3 Å². The lowest BCUT2D eigenvalue weighted by atomic mass is 9.91. The van der Waals surface area contributed by atoms with Gasteiger partial charge in [-0.2, -0.15) is 0 Å². The van der Waals surface area contributed by atoms with Crippen LogP contribution in [-0.4, -0.2) is 25.8 Å². The van der Waals surface area contributed by atoms with Crippen LogP contribution < -0.4 is 5.32 Å². The lowest BCUT2D eigenvalue weighted by molar-refractivity contribution is 0.128. The van der Waals surface area contributed by atoms with Gasteiger partial charge < -0.3 is 10.1 Å². The summed E-state index contributed by atoms with van der Waals surface area (Å²) in [6.07, 6.45) is 2.12. The van der Waals surface area contributed by atoms with E-state index in [1.165, 1.54) is 17.7 Å². The Morgan fingerprint density at radius 3 is 2.76 bits per heavy atom. The van der Waals surface area contributed by atoms with E-state index in [4.69, 9.17) is 4.74 Å². The molecule has 1 aliphatic rings. The summed E-state index contributed by atoms with van der Waals surface area (Å²) >= 11 is 0. The average molecular weight is 237 g/mol. The summed E-state index contributed by atoms with van der Waals surface area (Å²) in [4.78, 5) is 0. The van der Waals surface area contributed by atoms with Crippen molar-refractivity contribution < 1.29 is 9.13 Å². The number of rotatable bonds is 4. The van der Waals surface area contributed by atoms with Crippen LogP contribution in [0.25, 0.3) is 0 Å². The van der Waals surface area contributed by atoms with Gasteiger partial charge in [-0.25, -0.2) is 4.39 Å². The summed E-state index contributed by atoms with van der Waals surface area (Å²) in [6.45, 7) is 3.95. The SMILES string of the molecule is COCC1(C)CC(Cc2ccc(F)cc2)CN1. The van der Waals surface area contributed by atoms with Crippen LogP contribution in [0.15, 0.2) is 24.3 Å². The Hall–Kier alpha value is -0.930. The molecule has 0 bridgehead atoms. The largest absolute Gasteiger partial charge is 0.383 e. The minimum atomic E-state index is -0.164. The van der Waals surface area contributed by atoms with E-state index < -0.39 is 0 Å². The first kappa shape index (κ1) is 12.5. The van der Waals surface area contributed by atoms with Crippen molar-refractivity contribution in [1.82, 2.24) is 5.32 Å². The molecule has 1 aromatic carbocycles. The first-order chi connectivity index (χ1) is 8.11. The van der Waals surface area contributed by atoms with Gasteiger partial charge in [-0.1, -0.05) is 12.1 Å². The molecule has 1 saturated heterocycles. The molecule has 94 valence electrons. The molecule has 17 heavy (non-hydrogen) atoms. The van der Waals surface area contributed by atoms with Crippen molar-refractivity contribution in [2.24, 2.45) is 5.92 Å². The zero-order valence-corrected chi connectivity index (χ0v) is 10.5. The van der Waals surface area contributed by atoms with E-state index in [1.54, 1.807) is 7.11 Å². The molecular formula is C14H20FNO. The van der Waals surface area contributed by atoms with Crippen molar-refractivity contribution in [3.8, 4) is 0 Å². The average Bonchev–Trinajstić information content (AvgIpc) is 2.64. The van der Waals surface area contributed by atoms with Crippen molar-refractivity contribution in [2.75, 3.05) is 20.3 Å². The van der Waals surface area contributed by atoms with Crippen LogP contribution >= 0.6 is 0 Å². The second-order valence-corrected chi connectivity index (χ2v) is 5.28. The third-order valence-electron chi connectivity index (χ3n) is 3.46. The van der Waals surface area contributed by atoms with Crippen LogP contribution in [0, 0.1) is 11.7 Å². The second-order valence-electron chi connectivity index (χ2n) is 5.28. The monoisotopic (exact) mass is 237 g/mol. The molecule has 0 aromatic heterocycles. The Kier molecular flexibility index (Phi) is 3.79. The maximum Gasteiger partial charge on any atom is 0.123 e. The molecule has 0 amide bonds. The summed E-state index contributed by atoms with van der Waals surface area (Å²) < 4.78 is 18.0. The first-order valence-electron chi connectivity index (χ1n) is 6.10. The lowest BCUT2D eigenvalue weighted by Crippen LogP contribution is -2.40. The molecule has 2 atom stereocenters. The molecule has 0 radical (unpaired) electrons. The van der Waals surface area contributed by atoms with Crippen molar-refractivity contribution in [1.29, 1.82) is 0 Å². The van der Waals surface area contributed by atoms with E-state index >= 15 is 0 Å². The molecule has 1 fully saturated rings. The van der Waals surface area contributed by atoms with Gasteiger partial charge >= 0.3 is 0 Å². The topological polar surface area (TPSA) is 21.3 Å². The summed E-state index contributed by atoms with van der Waals surface area (Å²) in [5, 5.41) is 3.52. The second kappa shape index (κ2) is 5.15. The summed E-state index contributed by atoms with van der Waals surface area (Å²) in [5.41, 5.74) is 1.30. The Bertz CT molecular complexity index is 365. The summed E-state index contributed by atoms with van der Waals surface area (Å²) in [5.74, 6) is 0.447. The number of halogens is 1. The summed E-state index contributed by atoms with van der Waals surface area (Å²) in [7, 11) is 1.74. The number of hydrogen-bond acceptors (Lipinski definition) is 2. The maximum absolute atomic E-state index is 12.8. The fourth-order valence-electron chi connectivity index (χ4n) is 2.70. The first-order valence-corrected chi connectivity index (χ1v) is 6.10. The third kappa shape index (κ3) is 3.27. The molecule has 0 saturated carbocycles. The normalized spacial score (nSPS) is 28.5.